The first-order valence-corrected chi connectivity index (χ1v) is 11.1. The molecular formula is C25H26N4O3. The summed E-state index contributed by atoms with van der Waals surface area (Å²) in [5.74, 6) is -0.124. The van der Waals surface area contributed by atoms with Crippen molar-refractivity contribution < 1.29 is 9.90 Å². The van der Waals surface area contributed by atoms with Crippen LogP contribution in [0.1, 0.15) is 52.1 Å². The van der Waals surface area contributed by atoms with Crippen molar-refractivity contribution in [2.24, 2.45) is 5.18 Å². The Bertz CT molecular complexity index is 1160. The summed E-state index contributed by atoms with van der Waals surface area (Å²) in [5.41, 5.74) is 5.96. The summed E-state index contributed by atoms with van der Waals surface area (Å²) >= 11 is 0. The lowest BCUT2D eigenvalue weighted by molar-refractivity contribution is 0.0973. The summed E-state index contributed by atoms with van der Waals surface area (Å²) in [4.78, 5) is 26.4. The average molecular weight is 431 g/mol. The maximum Gasteiger partial charge on any atom is 0.277 e. The van der Waals surface area contributed by atoms with Crippen molar-refractivity contribution in [3.05, 3.63) is 81.5 Å². The molecule has 1 N–H and O–H groups in total. The number of nitroso groups, excluding NO2 is 1. The average Bonchev–Trinajstić information content (AvgIpc) is 3.50. The molecule has 5 rings (SSSR count). The van der Waals surface area contributed by atoms with Crippen molar-refractivity contribution in [3.63, 3.8) is 0 Å². The first kappa shape index (κ1) is 20.6. The molecule has 7 nitrogen and oxygen atoms in total. The molecule has 1 aliphatic heterocycles. The fourth-order valence-corrected chi connectivity index (χ4v) is 4.78. The van der Waals surface area contributed by atoms with Crippen molar-refractivity contribution >= 4 is 11.6 Å². The zero-order chi connectivity index (χ0) is 22.3. The molecule has 2 heterocycles. The first-order valence-electron chi connectivity index (χ1n) is 11.1. The van der Waals surface area contributed by atoms with Crippen molar-refractivity contribution in [2.45, 2.75) is 44.6 Å². The molecule has 1 aromatic heterocycles. The number of fused-ring (bicyclic) bond motifs is 1. The van der Waals surface area contributed by atoms with Crippen LogP contribution in [0.4, 0.5) is 5.69 Å². The number of amides is 1. The Hall–Kier alpha value is -3.32. The molecule has 1 saturated carbocycles. The van der Waals surface area contributed by atoms with E-state index in [0.717, 1.165) is 41.8 Å². The minimum Gasteiger partial charge on any atom is -0.396 e. The van der Waals surface area contributed by atoms with Gasteiger partial charge in [-0.05, 0) is 67.9 Å². The number of carbonyl (C=O) groups is 1. The summed E-state index contributed by atoms with van der Waals surface area (Å²) in [6.07, 6.45) is 3.60. The number of aliphatic hydroxyl groups excluding tert-OH is 1. The number of aliphatic hydroxyl groups is 1. The highest BCUT2D eigenvalue weighted by Crippen LogP contribution is 2.51. The van der Waals surface area contributed by atoms with Gasteiger partial charge in [0, 0.05) is 24.4 Å². The van der Waals surface area contributed by atoms with Crippen molar-refractivity contribution in [3.8, 4) is 5.69 Å². The number of carbonyl (C=O) groups excluding carboxylic acids is 1. The summed E-state index contributed by atoms with van der Waals surface area (Å²) in [6.45, 7) is 2.68. The highest BCUT2D eigenvalue weighted by molar-refractivity contribution is 6.07. The van der Waals surface area contributed by atoms with Gasteiger partial charge in [-0.1, -0.05) is 35.0 Å². The molecular weight excluding hydrogens is 404 g/mol. The number of benzene rings is 2. The van der Waals surface area contributed by atoms with Crippen LogP contribution in [0.25, 0.3) is 5.69 Å². The molecule has 164 valence electrons. The molecule has 32 heavy (non-hydrogen) atoms. The van der Waals surface area contributed by atoms with Crippen LogP contribution >= 0.6 is 0 Å². The van der Waals surface area contributed by atoms with Crippen molar-refractivity contribution in [1.29, 1.82) is 0 Å². The van der Waals surface area contributed by atoms with Crippen LogP contribution in [0.5, 0.6) is 0 Å². The number of hydrogen-bond donors (Lipinski definition) is 1. The van der Waals surface area contributed by atoms with E-state index < -0.39 is 0 Å². The summed E-state index contributed by atoms with van der Waals surface area (Å²) in [7, 11) is 0. The van der Waals surface area contributed by atoms with E-state index in [1.807, 2.05) is 43.3 Å². The lowest BCUT2D eigenvalue weighted by Crippen LogP contribution is -2.38. The van der Waals surface area contributed by atoms with E-state index in [9.17, 15) is 14.8 Å². The number of nitrogens with zero attached hydrogens (tertiary/aromatic N) is 4. The van der Waals surface area contributed by atoms with Crippen LogP contribution in [-0.4, -0.2) is 33.9 Å². The Labute approximate surface area is 186 Å². The predicted molar refractivity (Wildman–Crippen MR) is 122 cm³/mol. The number of rotatable bonds is 7. The van der Waals surface area contributed by atoms with Gasteiger partial charge in [0.2, 0.25) is 0 Å². The topological polar surface area (TPSA) is 87.8 Å². The second kappa shape index (κ2) is 7.98. The van der Waals surface area contributed by atoms with E-state index in [-0.39, 0.29) is 24.5 Å². The summed E-state index contributed by atoms with van der Waals surface area (Å²) in [5, 5.41) is 17.0. The van der Waals surface area contributed by atoms with Gasteiger partial charge in [0.25, 0.3) is 5.91 Å². The summed E-state index contributed by atoms with van der Waals surface area (Å²) in [6, 6.07) is 16.0. The van der Waals surface area contributed by atoms with Gasteiger partial charge in [-0.15, -0.1) is 0 Å². The third-order valence-electron chi connectivity index (χ3n) is 6.83. The fraction of sp³-hybridized carbons (Fsp3) is 0.360. The molecule has 1 fully saturated rings. The molecule has 1 aliphatic carbocycles. The monoisotopic (exact) mass is 430 g/mol. The molecule has 3 aromatic rings. The molecule has 0 saturated heterocycles. The van der Waals surface area contributed by atoms with Crippen LogP contribution in [-0.2, 0) is 18.4 Å². The predicted octanol–water partition coefficient (Wildman–Crippen LogP) is 4.06. The smallest absolute Gasteiger partial charge is 0.277 e. The lowest BCUT2D eigenvalue weighted by atomic mass is 9.92. The zero-order valence-corrected chi connectivity index (χ0v) is 18.1. The molecule has 2 aliphatic rings. The number of anilines is 1. The second-order valence-corrected chi connectivity index (χ2v) is 8.82. The van der Waals surface area contributed by atoms with Crippen LogP contribution in [0, 0.1) is 11.8 Å². The Morgan fingerprint density at radius 3 is 2.38 bits per heavy atom. The van der Waals surface area contributed by atoms with E-state index in [1.165, 1.54) is 5.56 Å². The Morgan fingerprint density at radius 1 is 1.06 bits per heavy atom. The van der Waals surface area contributed by atoms with Gasteiger partial charge in [-0.3, -0.25) is 4.79 Å². The maximum atomic E-state index is 13.6. The normalized spacial score (nSPS) is 16.7. The third kappa shape index (κ3) is 3.42. The van der Waals surface area contributed by atoms with Gasteiger partial charge in [-0.25, -0.2) is 4.68 Å². The van der Waals surface area contributed by atoms with Crippen LogP contribution in [0.2, 0.25) is 0 Å². The van der Waals surface area contributed by atoms with Crippen LogP contribution in [0.15, 0.2) is 53.7 Å². The highest BCUT2D eigenvalue weighted by Gasteiger charge is 2.43. The van der Waals surface area contributed by atoms with Gasteiger partial charge < -0.3 is 10.0 Å². The van der Waals surface area contributed by atoms with E-state index in [1.54, 1.807) is 9.58 Å². The van der Waals surface area contributed by atoms with Gasteiger partial charge in [-0.2, -0.15) is 10.0 Å². The molecule has 0 spiro atoms. The number of hydrogen-bond acceptors (Lipinski definition) is 5. The SMILES string of the molecule is Cc1ccc(-n2nc(CN=O)c3c2C(=O)N(c2ccc(C4(CCO)CC4)cc2)CC3)cc1. The van der Waals surface area contributed by atoms with Gasteiger partial charge in [0.15, 0.2) is 0 Å². The molecule has 7 heteroatoms. The minimum absolute atomic E-state index is 0.0455. The molecule has 0 atom stereocenters. The number of aryl methyl sites for hydroxylation is 1. The quantitative estimate of drug-likeness (QED) is 0.573. The first-order chi connectivity index (χ1) is 15.6. The molecule has 0 radical (unpaired) electrons. The van der Waals surface area contributed by atoms with Crippen LogP contribution < -0.4 is 4.90 Å². The second-order valence-electron chi connectivity index (χ2n) is 8.82. The lowest BCUT2D eigenvalue weighted by Gasteiger charge is -2.28. The van der Waals surface area contributed by atoms with E-state index in [4.69, 9.17) is 0 Å². The van der Waals surface area contributed by atoms with Gasteiger partial charge in [0.1, 0.15) is 12.2 Å². The molecule has 2 aromatic carbocycles. The summed E-state index contributed by atoms with van der Waals surface area (Å²) < 4.78 is 1.65. The number of aromatic nitrogens is 2. The largest absolute Gasteiger partial charge is 0.396 e. The van der Waals surface area contributed by atoms with E-state index in [0.29, 0.717) is 24.4 Å². The zero-order valence-electron chi connectivity index (χ0n) is 18.1. The standard InChI is InChI=1S/C25H26N4O3/c1-17-2-6-20(7-3-17)29-23-21(22(27-29)16-26-32)10-14-28(24(23)31)19-8-4-18(5-9-19)25(11-12-25)13-15-30/h2-9,30H,10-16H2,1H3. The Balaban J connectivity index is 1.50. The molecule has 0 bridgehead atoms. The molecule has 0 unspecified atom stereocenters. The van der Waals surface area contributed by atoms with E-state index in [2.05, 4.69) is 22.4 Å². The van der Waals surface area contributed by atoms with Crippen LogP contribution in [0.3, 0.4) is 0 Å². The highest BCUT2D eigenvalue weighted by atomic mass is 16.3. The van der Waals surface area contributed by atoms with Gasteiger partial charge in [0.05, 0.1) is 11.4 Å². The fourth-order valence-electron chi connectivity index (χ4n) is 4.78. The maximum absolute atomic E-state index is 13.6. The van der Waals surface area contributed by atoms with E-state index >= 15 is 0 Å². The minimum atomic E-state index is -0.124. The molecule has 1 amide bonds. The Morgan fingerprint density at radius 2 is 1.75 bits per heavy atom. The third-order valence-corrected chi connectivity index (χ3v) is 6.83. The Kier molecular flexibility index (Phi) is 5.13. The van der Waals surface area contributed by atoms with Crippen molar-refractivity contribution in [1.82, 2.24) is 9.78 Å². The van der Waals surface area contributed by atoms with Gasteiger partial charge >= 0.3 is 0 Å². The van der Waals surface area contributed by atoms with Crippen molar-refractivity contribution in [2.75, 3.05) is 18.1 Å².